The molecule has 2 rings (SSSR count). The smallest absolute Gasteiger partial charge is 0.161 e. The molecule has 0 saturated carbocycles. The van der Waals surface area contributed by atoms with E-state index in [1.165, 1.54) is 0 Å². The molecule has 4 heteroatoms. The second-order valence-corrected chi connectivity index (χ2v) is 4.06. The van der Waals surface area contributed by atoms with Crippen LogP contribution in [0.2, 0.25) is 0 Å². The summed E-state index contributed by atoms with van der Waals surface area (Å²) in [7, 11) is 1.70. The standard InChI is InChI=1S/C13H19NO3/c1-15-11(5-6-14)10-3-4-12-13(9-10)17-8-2-7-16-12/h3-4,9,11H,2,5-8,14H2,1H3. The Morgan fingerprint density at radius 2 is 2.06 bits per heavy atom. The normalized spacial score (nSPS) is 16.4. The molecule has 94 valence electrons. The van der Waals surface area contributed by atoms with Gasteiger partial charge >= 0.3 is 0 Å². The van der Waals surface area contributed by atoms with Crippen LogP contribution in [0.1, 0.15) is 24.5 Å². The van der Waals surface area contributed by atoms with Crippen LogP contribution >= 0.6 is 0 Å². The van der Waals surface area contributed by atoms with Gasteiger partial charge in [-0.1, -0.05) is 6.07 Å². The van der Waals surface area contributed by atoms with E-state index in [9.17, 15) is 0 Å². The predicted octanol–water partition coefficient (Wildman–Crippen LogP) is 1.88. The van der Waals surface area contributed by atoms with Gasteiger partial charge in [0.2, 0.25) is 0 Å². The molecule has 0 aromatic heterocycles. The van der Waals surface area contributed by atoms with Gasteiger partial charge in [-0.15, -0.1) is 0 Å². The monoisotopic (exact) mass is 237 g/mol. The lowest BCUT2D eigenvalue weighted by atomic mass is 10.1. The van der Waals surface area contributed by atoms with Crippen LogP contribution in [0.15, 0.2) is 18.2 Å². The first-order valence-electron chi connectivity index (χ1n) is 5.97. The number of hydrogen-bond acceptors (Lipinski definition) is 4. The summed E-state index contributed by atoms with van der Waals surface area (Å²) in [5, 5.41) is 0. The van der Waals surface area contributed by atoms with Crippen LogP contribution in [0.5, 0.6) is 11.5 Å². The topological polar surface area (TPSA) is 53.7 Å². The Balaban J connectivity index is 2.21. The average Bonchev–Trinajstić information content (AvgIpc) is 2.60. The lowest BCUT2D eigenvalue weighted by Crippen LogP contribution is -2.09. The van der Waals surface area contributed by atoms with Crippen molar-refractivity contribution in [1.29, 1.82) is 0 Å². The SMILES string of the molecule is COC(CCN)c1ccc2c(c1)OCCCO2. The lowest BCUT2D eigenvalue weighted by Gasteiger charge is -2.16. The second-order valence-electron chi connectivity index (χ2n) is 4.06. The predicted molar refractivity (Wildman–Crippen MR) is 65.5 cm³/mol. The Hall–Kier alpha value is -1.26. The Labute approximate surface area is 102 Å². The third-order valence-corrected chi connectivity index (χ3v) is 2.86. The molecule has 4 nitrogen and oxygen atoms in total. The molecule has 0 saturated heterocycles. The van der Waals surface area contributed by atoms with Gasteiger partial charge in [0.1, 0.15) is 0 Å². The van der Waals surface area contributed by atoms with E-state index in [2.05, 4.69) is 0 Å². The third-order valence-electron chi connectivity index (χ3n) is 2.86. The van der Waals surface area contributed by atoms with Crippen LogP contribution in [0.3, 0.4) is 0 Å². The summed E-state index contributed by atoms with van der Waals surface area (Å²) in [6, 6.07) is 5.94. The highest BCUT2D eigenvalue weighted by atomic mass is 16.5. The molecule has 1 atom stereocenters. The minimum absolute atomic E-state index is 0.0251. The molecule has 1 heterocycles. The van der Waals surface area contributed by atoms with Crippen LogP contribution < -0.4 is 15.2 Å². The molecule has 1 aromatic carbocycles. The summed E-state index contributed by atoms with van der Waals surface area (Å²) < 4.78 is 16.7. The van der Waals surface area contributed by atoms with E-state index >= 15 is 0 Å². The summed E-state index contributed by atoms with van der Waals surface area (Å²) >= 11 is 0. The number of fused-ring (bicyclic) bond motifs is 1. The van der Waals surface area contributed by atoms with Crippen molar-refractivity contribution in [3.05, 3.63) is 23.8 Å². The second kappa shape index (κ2) is 5.89. The molecule has 0 spiro atoms. The molecule has 0 bridgehead atoms. The van der Waals surface area contributed by atoms with Crippen molar-refractivity contribution < 1.29 is 14.2 Å². The Morgan fingerprint density at radius 1 is 1.29 bits per heavy atom. The average molecular weight is 237 g/mol. The van der Waals surface area contributed by atoms with Crippen LogP contribution in [-0.4, -0.2) is 26.9 Å². The molecule has 0 fully saturated rings. The molecule has 2 N–H and O–H groups in total. The van der Waals surface area contributed by atoms with Gasteiger partial charge in [-0.3, -0.25) is 0 Å². The zero-order chi connectivity index (χ0) is 12.1. The van der Waals surface area contributed by atoms with E-state index in [4.69, 9.17) is 19.9 Å². The largest absolute Gasteiger partial charge is 0.490 e. The summed E-state index contributed by atoms with van der Waals surface area (Å²) in [6.07, 6.45) is 1.74. The van der Waals surface area contributed by atoms with Gasteiger partial charge in [-0.05, 0) is 30.7 Å². The fraction of sp³-hybridized carbons (Fsp3) is 0.538. The van der Waals surface area contributed by atoms with Gasteiger partial charge in [0.15, 0.2) is 11.5 Å². The molecule has 0 radical (unpaired) electrons. The Bertz CT molecular complexity index is 368. The van der Waals surface area contributed by atoms with Gasteiger partial charge in [0.05, 0.1) is 19.3 Å². The summed E-state index contributed by atoms with van der Waals surface area (Å²) in [5.41, 5.74) is 6.65. The zero-order valence-electron chi connectivity index (χ0n) is 10.1. The lowest BCUT2D eigenvalue weighted by molar-refractivity contribution is 0.0975. The molecule has 0 amide bonds. The molecule has 0 aliphatic carbocycles. The van der Waals surface area contributed by atoms with Crippen molar-refractivity contribution in [1.82, 2.24) is 0 Å². The fourth-order valence-electron chi connectivity index (χ4n) is 1.95. The van der Waals surface area contributed by atoms with E-state index in [1.807, 2.05) is 18.2 Å². The van der Waals surface area contributed by atoms with Gasteiger partial charge in [-0.25, -0.2) is 0 Å². The van der Waals surface area contributed by atoms with E-state index in [0.29, 0.717) is 19.8 Å². The van der Waals surface area contributed by atoms with Gasteiger partial charge in [0, 0.05) is 13.5 Å². The Morgan fingerprint density at radius 3 is 2.76 bits per heavy atom. The van der Waals surface area contributed by atoms with Crippen LogP contribution in [0, 0.1) is 0 Å². The van der Waals surface area contributed by atoms with Crippen molar-refractivity contribution in [3.63, 3.8) is 0 Å². The quantitative estimate of drug-likeness (QED) is 0.868. The molecular formula is C13H19NO3. The minimum Gasteiger partial charge on any atom is -0.490 e. The molecule has 1 aliphatic heterocycles. The van der Waals surface area contributed by atoms with Crippen molar-refractivity contribution in [2.45, 2.75) is 18.9 Å². The summed E-state index contributed by atoms with van der Waals surface area (Å²) in [4.78, 5) is 0. The maximum atomic E-state index is 5.65. The van der Waals surface area contributed by atoms with Crippen molar-refractivity contribution in [2.75, 3.05) is 26.9 Å². The molecule has 1 aliphatic rings. The molecule has 17 heavy (non-hydrogen) atoms. The zero-order valence-corrected chi connectivity index (χ0v) is 10.1. The molecular weight excluding hydrogens is 218 g/mol. The number of ether oxygens (including phenoxy) is 3. The van der Waals surface area contributed by atoms with E-state index in [0.717, 1.165) is 29.9 Å². The minimum atomic E-state index is 0.0251. The highest BCUT2D eigenvalue weighted by molar-refractivity contribution is 5.44. The number of benzene rings is 1. The van der Waals surface area contributed by atoms with E-state index in [1.54, 1.807) is 7.11 Å². The van der Waals surface area contributed by atoms with Gasteiger partial charge in [0.25, 0.3) is 0 Å². The van der Waals surface area contributed by atoms with Crippen molar-refractivity contribution in [3.8, 4) is 11.5 Å². The number of rotatable bonds is 4. The Kier molecular flexibility index (Phi) is 4.23. The molecule has 1 aromatic rings. The fourth-order valence-corrected chi connectivity index (χ4v) is 1.95. The van der Waals surface area contributed by atoms with Crippen LogP contribution in [0.4, 0.5) is 0 Å². The van der Waals surface area contributed by atoms with E-state index < -0.39 is 0 Å². The maximum Gasteiger partial charge on any atom is 0.161 e. The number of methoxy groups -OCH3 is 1. The van der Waals surface area contributed by atoms with Crippen molar-refractivity contribution >= 4 is 0 Å². The summed E-state index contributed by atoms with van der Waals surface area (Å²) in [5.74, 6) is 1.62. The first-order valence-corrected chi connectivity index (χ1v) is 5.97. The number of hydrogen-bond donors (Lipinski definition) is 1. The van der Waals surface area contributed by atoms with E-state index in [-0.39, 0.29) is 6.10 Å². The first-order chi connectivity index (χ1) is 8.35. The first kappa shape index (κ1) is 12.2. The van der Waals surface area contributed by atoms with Gasteiger partial charge in [-0.2, -0.15) is 0 Å². The highest BCUT2D eigenvalue weighted by Gasteiger charge is 2.15. The van der Waals surface area contributed by atoms with Crippen LogP contribution in [-0.2, 0) is 4.74 Å². The third kappa shape index (κ3) is 2.90. The molecule has 1 unspecified atom stereocenters. The number of nitrogens with two attached hydrogens (primary N) is 1. The van der Waals surface area contributed by atoms with Crippen LogP contribution in [0.25, 0.3) is 0 Å². The highest BCUT2D eigenvalue weighted by Crippen LogP contribution is 2.33. The maximum absolute atomic E-state index is 5.65. The van der Waals surface area contributed by atoms with Gasteiger partial charge < -0.3 is 19.9 Å². The van der Waals surface area contributed by atoms with Crippen molar-refractivity contribution in [2.24, 2.45) is 5.73 Å². The summed E-state index contributed by atoms with van der Waals surface area (Å²) in [6.45, 7) is 2.01.